The maximum atomic E-state index is 13.1. The quantitative estimate of drug-likeness (QED) is 0.848. The van der Waals surface area contributed by atoms with Gasteiger partial charge in [-0.05, 0) is 25.2 Å². The molecule has 0 heterocycles. The van der Waals surface area contributed by atoms with Gasteiger partial charge in [0, 0.05) is 25.1 Å². The van der Waals surface area contributed by atoms with Crippen molar-refractivity contribution >= 4 is 18.3 Å². The van der Waals surface area contributed by atoms with Crippen LogP contribution < -0.4 is 10.6 Å². The van der Waals surface area contributed by atoms with Crippen LogP contribution in [0, 0.1) is 11.6 Å². The summed E-state index contributed by atoms with van der Waals surface area (Å²) in [5.74, 6) is -1.23. The van der Waals surface area contributed by atoms with Gasteiger partial charge in [0.05, 0.1) is 0 Å². The Morgan fingerprint density at radius 1 is 1.35 bits per heavy atom. The monoisotopic (exact) mass is 264 g/mol. The molecule has 0 bridgehead atoms. The molecule has 6 heteroatoms. The van der Waals surface area contributed by atoms with E-state index in [2.05, 4.69) is 10.6 Å². The number of nitrogens with one attached hydrogen (secondary N) is 2. The molecule has 0 spiro atoms. The summed E-state index contributed by atoms with van der Waals surface area (Å²) >= 11 is 0. The lowest BCUT2D eigenvalue weighted by molar-refractivity contribution is -0.121. The predicted octanol–water partition coefficient (Wildman–Crippen LogP) is 1.61. The highest BCUT2D eigenvalue weighted by molar-refractivity contribution is 5.85. The zero-order valence-corrected chi connectivity index (χ0v) is 10.2. The Labute approximate surface area is 105 Å². The van der Waals surface area contributed by atoms with Crippen molar-refractivity contribution in [2.75, 3.05) is 13.6 Å². The molecule has 0 fully saturated rings. The number of hydrogen-bond donors (Lipinski definition) is 2. The Morgan fingerprint density at radius 2 is 2.06 bits per heavy atom. The number of carbonyl (C=O) groups excluding carboxylic acids is 1. The summed E-state index contributed by atoms with van der Waals surface area (Å²) in [7, 11) is 1.74. The lowest BCUT2D eigenvalue weighted by Gasteiger charge is -2.06. The summed E-state index contributed by atoms with van der Waals surface area (Å²) < 4.78 is 25.9. The van der Waals surface area contributed by atoms with Crippen LogP contribution in [0.3, 0.4) is 0 Å². The minimum atomic E-state index is -0.518. The standard InChI is InChI=1S/C11H14F2N2O.ClH/c1-14-5-4-11(16)15-7-8-6-9(12)2-3-10(8)13;/h2-3,6,14H,4-5,7H2,1H3,(H,15,16);1H. The fourth-order valence-corrected chi connectivity index (χ4v) is 1.20. The van der Waals surface area contributed by atoms with Crippen molar-refractivity contribution in [1.82, 2.24) is 10.6 Å². The van der Waals surface area contributed by atoms with Gasteiger partial charge in [0.2, 0.25) is 5.91 Å². The first-order valence-electron chi connectivity index (χ1n) is 4.98. The number of halogens is 3. The van der Waals surface area contributed by atoms with Gasteiger partial charge in [-0.1, -0.05) is 0 Å². The van der Waals surface area contributed by atoms with Crippen molar-refractivity contribution < 1.29 is 13.6 Å². The molecule has 0 atom stereocenters. The van der Waals surface area contributed by atoms with E-state index in [1.165, 1.54) is 0 Å². The zero-order chi connectivity index (χ0) is 12.0. The Hall–Kier alpha value is -1.20. The van der Waals surface area contributed by atoms with E-state index in [-0.39, 0.29) is 30.4 Å². The van der Waals surface area contributed by atoms with Crippen molar-refractivity contribution in [3.8, 4) is 0 Å². The average Bonchev–Trinajstić information content (AvgIpc) is 2.27. The molecule has 0 aliphatic heterocycles. The lowest BCUT2D eigenvalue weighted by atomic mass is 10.2. The van der Waals surface area contributed by atoms with Crippen LogP contribution in [0.5, 0.6) is 0 Å². The Morgan fingerprint density at radius 3 is 2.71 bits per heavy atom. The molecule has 0 unspecified atom stereocenters. The van der Waals surface area contributed by atoms with Crippen molar-refractivity contribution in [2.24, 2.45) is 0 Å². The minimum Gasteiger partial charge on any atom is -0.352 e. The van der Waals surface area contributed by atoms with E-state index < -0.39 is 11.6 Å². The van der Waals surface area contributed by atoms with Crippen LogP contribution in [-0.2, 0) is 11.3 Å². The zero-order valence-electron chi connectivity index (χ0n) is 9.43. The first-order valence-corrected chi connectivity index (χ1v) is 4.98. The molecule has 17 heavy (non-hydrogen) atoms. The summed E-state index contributed by atoms with van der Waals surface area (Å²) in [5, 5.41) is 5.34. The van der Waals surface area contributed by atoms with Crippen LogP contribution in [0.2, 0.25) is 0 Å². The van der Waals surface area contributed by atoms with E-state index in [4.69, 9.17) is 0 Å². The fourth-order valence-electron chi connectivity index (χ4n) is 1.20. The molecule has 0 saturated heterocycles. The van der Waals surface area contributed by atoms with Crippen LogP contribution in [0.4, 0.5) is 8.78 Å². The highest BCUT2D eigenvalue weighted by Crippen LogP contribution is 2.09. The number of amides is 1. The molecule has 2 N–H and O–H groups in total. The molecule has 3 nitrogen and oxygen atoms in total. The molecule has 96 valence electrons. The van der Waals surface area contributed by atoms with Crippen molar-refractivity contribution in [3.63, 3.8) is 0 Å². The maximum absolute atomic E-state index is 13.1. The van der Waals surface area contributed by atoms with Crippen molar-refractivity contribution in [2.45, 2.75) is 13.0 Å². The number of benzene rings is 1. The highest BCUT2D eigenvalue weighted by atomic mass is 35.5. The summed E-state index contributed by atoms with van der Waals surface area (Å²) in [6, 6.07) is 3.17. The molecule has 1 aromatic rings. The molecule has 1 aromatic carbocycles. The van der Waals surface area contributed by atoms with Crippen LogP contribution in [-0.4, -0.2) is 19.5 Å². The summed E-state index contributed by atoms with van der Waals surface area (Å²) in [4.78, 5) is 11.2. The van der Waals surface area contributed by atoms with Gasteiger partial charge in [-0.2, -0.15) is 0 Å². The van der Waals surface area contributed by atoms with Crippen LogP contribution in [0.1, 0.15) is 12.0 Å². The first-order chi connectivity index (χ1) is 7.63. The predicted molar refractivity (Wildman–Crippen MR) is 64.0 cm³/mol. The lowest BCUT2D eigenvalue weighted by Crippen LogP contribution is -2.26. The largest absolute Gasteiger partial charge is 0.352 e. The highest BCUT2D eigenvalue weighted by Gasteiger charge is 2.05. The van der Waals surface area contributed by atoms with Crippen molar-refractivity contribution in [1.29, 1.82) is 0 Å². The smallest absolute Gasteiger partial charge is 0.221 e. The molecule has 1 rings (SSSR count). The maximum Gasteiger partial charge on any atom is 0.221 e. The number of carbonyl (C=O) groups is 1. The van der Waals surface area contributed by atoms with E-state index in [9.17, 15) is 13.6 Å². The molecule has 0 aromatic heterocycles. The van der Waals surface area contributed by atoms with Gasteiger partial charge in [-0.3, -0.25) is 4.79 Å². The molecular weight excluding hydrogens is 250 g/mol. The topological polar surface area (TPSA) is 41.1 Å². The van der Waals surface area contributed by atoms with Gasteiger partial charge in [-0.25, -0.2) is 8.78 Å². The van der Waals surface area contributed by atoms with Gasteiger partial charge in [0.25, 0.3) is 0 Å². The third-order valence-corrected chi connectivity index (χ3v) is 2.09. The number of rotatable bonds is 5. The molecular formula is C11H15ClF2N2O. The Bertz CT molecular complexity index is 374. The van der Waals surface area contributed by atoms with Gasteiger partial charge >= 0.3 is 0 Å². The first kappa shape index (κ1) is 15.8. The number of hydrogen-bond acceptors (Lipinski definition) is 2. The molecule has 0 aliphatic rings. The Kier molecular flexibility index (Phi) is 7.41. The summed E-state index contributed by atoms with van der Waals surface area (Å²) in [5.41, 5.74) is 0.151. The van der Waals surface area contributed by atoms with Crippen molar-refractivity contribution in [3.05, 3.63) is 35.4 Å². The minimum absolute atomic E-state index is 0. The van der Waals surface area contributed by atoms with Gasteiger partial charge in [0.1, 0.15) is 11.6 Å². The summed E-state index contributed by atoms with van der Waals surface area (Å²) in [6.45, 7) is 0.559. The van der Waals surface area contributed by atoms with Crippen LogP contribution >= 0.6 is 12.4 Å². The van der Waals surface area contributed by atoms with E-state index in [0.717, 1.165) is 18.2 Å². The van der Waals surface area contributed by atoms with Crippen LogP contribution in [0.15, 0.2) is 18.2 Å². The molecule has 0 aliphatic carbocycles. The molecule has 0 saturated carbocycles. The average molecular weight is 265 g/mol. The summed E-state index contributed by atoms with van der Waals surface area (Å²) in [6.07, 6.45) is 0.313. The second-order valence-corrected chi connectivity index (χ2v) is 3.37. The van der Waals surface area contributed by atoms with Crippen LogP contribution in [0.25, 0.3) is 0 Å². The van der Waals surface area contributed by atoms with E-state index >= 15 is 0 Å². The van der Waals surface area contributed by atoms with Gasteiger partial charge in [0.15, 0.2) is 0 Å². The SMILES string of the molecule is CNCCC(=O)NCc1cc(F)ccc1F.Cl. The Balaban J connectivity index is 0.00000256. The third kappa shape index (κ3) is 5.60. The second kappa shape index (κ2) is 7.97. The van der Waals surface area contributed by atoms with Gasteiger partial charge < -0.3 is 10.6 Å². The van der Waals surface area contributed by atoms with E-state index in [1.807, 2.05) is 0 Å². The van der Waals surface area contributed by atoms with E-state index in [1.54, 1.807) is 7.05 Å². The normalized spacial score (nSPS) is 9.59. The fraction of sp³-hybridized carbons (Fsp3) is 0.364. The van der Waals surface area contributed by atoms with Gasteiger partial charge in [-0.15, -0.1) is 12.4 Å². The second-order valence-electron chi connectivity index (χ2n) is 3.37. The molecule has 0 radical (unpaired) electrons. The molecule has 1 amide bonds. The van der Waals surface area contributed by atoms with E-state index in [0.29, 0.717) is 13.0 Å². The third-order valence-electron chi connectivity index (χ3n) is 2.09.